The number of hydrogen-bond donors (Lipinski definition) is 2. The summed E-state index contributed by atoms with van der Waals surface area (Å²) in [5.74, 6) is 5.57. The third kappa shape index (κ3) is 3.73. The molecule has 0 spiro atoms. The highest BCUT2D eigenvalue weighted by atomic mass is 16.5. The quantitative estimate of drug-likeness (QED) is 0.576. The molecule has 1 fully saturated rings. The second kappa shape index (κ2) is 6.64. The Kier molecular flexibility index (Phi) is 4.85. The van der Waals surface area contributed by atoms with E-state index in [0.29, 0.717) is 6.10 Å². The van der Waals surface area contributed by atoms with Crippen LogP contribution in [0.4, 0.5) is 0 Å². The van der Waals surface area contributed by atoms with Crippen LogP contribution in [0.2, 0.25) is 0 Å². The fraction of sp³-hybridized carbons (Fsp3) is 0.667. The van der Waals surface area contributed by atoms with Crippen molar-refractivity contribution in [2.75, 3.05) is 6.61 Å². The van der Waals surface area contributed by atoms with Crippen LogP contribution < -0.4 is 11.3 Å². The third-order valence-electron chi connectivity index (χ3n) is 3.25. The molecule has 2 rings (SSSR count). The maximum absolute atomic E-state index is 5.60. The van der Waals surface area contributed by atoms with Gasteiger partial charge in [-0.1, -0.05) is 0 Å². The summed E-state index contributed by atoms with van der Waals surface area (Å²) in [4.78, 5) is 0. The Labute approximate surface area is 102 Å². The zero-order valence-corrected chi connectivity index (χ0v) is 10.0. The van der Waals surface area contributed by atoms with Gasteiger partial charge in [0.1, 0.15) is 0 Å². The minimum absolute atomic E-state index is 0.159. The average molecular weight is 236 g/mol. The van der Waals surface area contributed by atoms with E-state index < -0.39 is 0 Å². The van der Waals surface area contributed by atoms with Crippen LogP contribution in [0.1, 0.15) is 43.7 Å². The molecule has 1 saturated heterocycles. The van der Waals surface area contributed by atoms with E-state index in [1.807, 2.05) is 6.07 Å². The van der Waals surface area contributed by atoms with Crippen molar-refractivity contribution in [1.82, 2.24) is 15.6 Å². The summed E-state index contributed by atoms with van der Waals surface area (Å²) in [6, 6.07) is 2.11. The molecule has 2 unspecified atom stereocenters. The number of nitrogens with one attached hydrogen (secondary N) is 1. The minimum atomic E-state index is 0.159. The molecule has 0 aromatic carbocycles. The molecule has 1 aliphatic rings. The number of hydrazine groups is 1. The molecular weight excluding hydrogens is 216 g/mol. The fourth-order valence-electron chi connectivity index (χ4n) is 2.27. The van der Waals surface area contributed by atoms with Gasteiger partial charge in [0, 0.05) is 18.8 Å². The van der Waals surface area contributed by atoms with Crippen molar-refractivity contribution < 1.29 is 4.74 Å². The Morgan fingerprint density at radius 1 is 1.53 bits per heavy atom. The van der Waals surface area contributed by atoms with Crippen LogP contribution in [-0.4, -0.2) is 22.9 Å². The van der Waals surface area contributed by atoms with Crippen molar-refractivity contribution >= 4 is 0 Å². The van der Waals surface area contributed by atoms with E-state index in [0.717, 1.165) is 31.4 Å². The van der Waals surface area contributed by atoms with E-state index in [2.05, 4.69) is 15.6 Å². The topological polar surface area (TPSA) is 73.1 Å². The molecule has 94 valence electrons. The van der Waals surface area contributed by atoms with Gasteiger partial charge < -0.3 is 4.74 Å². The summed E-state index contributed by atoms with van der Waals surface area (Å²) < 4.78 is 5.60. The number of ether oxygens (including phenoxy) is 1. The van der Waals surface area contributed by atoms with Gasteiger partial charge in [0.15, 0.2) is 0 Å². The molecular formula is C12H20N4O. The molecule has 0 aliphatic carbocycles. The number of nitrogens with two attached hydrogens (primary N) is 1. The van der Waals surface area contributed by atoms with E-state index in [1.54, 1.807) is 12.4 Å². The molecule has 0 saturated carbocycles. The number of hydrogen-bond acceptors (Lipinski definition) is 5. The molecule has 1 aromatic heterocycles. The Morgan fingerprint density at radius 2 is 2.47 bits per heavy atom. The lowest BCUT2D eigenvalue weighted by Gasteiger charge is -2.16. The molecule has 2 heterocycles. The van der Waals surface area contributed by atoms with Crippen LogP contribution >= 0.6 is 0 Å². The molecule has 17 heavy (non-hydrogen) atoms. The fourth-order valence-corrected chi connectivity index (χ4v) is 2.27. The van der Waals surface area contributed by atoms with Crippen molar-refractivity contribution in [3.8, 4) is 0 Å². The highest BCUT2D eigenvalue weighted by Crippen LogP contribution is 2.22. The van der Waals surface area contributed by atoms with Crippen LogP contribution in [-0.2, 0) is 4.74 Å². The normalized spacial score (nSPS) is 21.6. The van der Waals surface area contributed by atoms with E-state index >= 15 is 0 Å². The van der Waals surface area contributed by atoms with Gasteiger partial charge in [0.05, 0.1) is 12.3 Å². The summed E-state index contributed by atoms with van der Waals surface area (Å²) >= 11 is 0. The Hall–Kier alpha value is -1.04. The zero-order valence-electron chi connectivity index (χ0n) is 10.0. The second-order valence-corrected chi connectivity index (χ2v) is 4.46. The van der Waals surface area contributed by atoms with Gasteiger partial charge in [0.25, 0.3) is 0 Å². The summed E-state index contributed by atoms with van der Waals surface area (Å²) in [6.07, 6.45) is 9.57. The van der Waals surface area contributed by atoms with Gasteiger partial charge in [-0.2, -0.15) is 10.2 Å². The van der Waals surface area contributed by atoms with Crippen LogP contribution in [0.25, 0.3) is 0 Å². The first kappa shape index (κ1) is 12.4. The summed E-state index contributed by atoms with van der Waals surface area (Å²) in [6.45, 7) is 0.928. The first-order valence-electron chi connectivity index (χ1n) is 6.24. The first-order valence-corrected chi connectivity index (χ1v) is 6.24. The molecule has 0 bridgehead atoms. The lowest BCUT2D eigenvalue weighted by atomic mass is 10.0. The van der Waals surface area contributed by atoms with E-state index in [9.17, 15) is 0 Å². The van der Waals surface area contributed by atoms with Crippen molar-refractivity contribution in [2.24, 2.45) is 5.84 Å². The lowest BCUT2D eigenvalue weighted by Crippen LogP contribution is -2.28. The third-order valence-corrected chi connectivity index (χ3v) is 3.25. The second-order valence-electron chi connectivity index (χ2n) is 4.46. The number of rotatable bonds is 6. The highest BCUT2D eigenvalue weighted by Gasteiger charge is 2.16. The Balaban J connectivity index is 1.75. The van der Waals surface area contributed by atoms with Gasteiger partial charge in [-0.15, -0.1) is 0 Å². The minimum Gasteiger partial charge on any atom is -0.378 e. The molecule has 0 radical (unpaired) electrons. The molecule has 1 aliphatic heterocycles. The van der Waals surface area contributed by atoms with Crippen LogP contribution in [0, 0.1) is 0 Å². The van der Waals surface area contributed by atoms with Crippen molar-refractivity contribution in [1.29, 1.82) is 0 Å². The Bertz CT molecular complexity index is 314. The number of nitrogens with zero attached hydrogens (tertiary/aromatic N) is 2. The highest BCUT2D eigenvalue weighted by molar-refractivity contribution is 5.10. The van der Waals surface area contributed by atoms with Crippen molar-refractivity contribution in [2.45, 2.75) is 44.2 Å². The molecule has 1 aromatic rings. The van der Waals surface area contributed by atoms with Crippen LogP contribution in [0.3, 0.4) is 0 Å². The van der Waals surface area contributed by atoms with Gasteiger partial charge in [-0.25, -0.2) is 0 Å². The standard InChI is InChI=1S/C12H20N4O/c13-16-12(10-6-7-14-15-9-10)5-1-3-11-4-2-8-17-11/h6-7,9,11-12,16H,1-5,8,13H2. The lowest BCUT2D eigenvalue weighted by molar-refractivity contribution is 0.101. The molecule has 5 heteroatoms. The summed E-state index contributed by atoms with van der Waals surface area (Å²) in [5.41, 5.74) is 3.93. The summed E-state index contributed by atoms with van der Waals surface area (Å²) in [5, 5.41) is 7.64. The zero-order chi connectivity index (χ0) is 11.9. The van der Waals surface area contributed by atoms with Gasteiger partial charge >= 0.3 is 0 Å². The molecule has 5 nitrogen and oxygen atoms in total. The molecule has 0 amide bonds. The predicted octanol–water partition coefficient (Wildman–Crippen LogP) is 1.33. The average Bonchev–Trinajstić information content (AvgIpc) is 2.89. The van der Waals surface area contributed by atoms with Crippen molar-refractivity contribution in [3.63, 3.8) is 0 Å². The molecule has 3 N–H and O–H groups in total. The van der Waals surface area contributed by atoms with Crippen LogP contribution in [0.5, 0.6) is 0 Å². The van der Waals surface area contributed by atoms with E-state index in [4.69, 9.17) is 10.6 Å². The monoisotopic (exact) mass is 236 g/mol. The van der Waals surface area contributed by atoms with Gasteiger partial charge in [-0.3, -0.25) is 11.3 Å². The molecule has 2 atom stereocenters. The number of aromatic nitrogens is 2. The summed E-state index contributed by atoms with van der Waals surface area (Å²) in [7, 11) is 0. The first-order chi connectivity index (χ1) is 8.40. The van der Waals surface area contributed by atoms with Gasteiger partial charge in [0.2, 0.25) is 0 Å². The van der Waals surface area contributed by atoms with Crippen LogP contribution in [0.15, 0.2) is 18.5 Å². The maximum atomic E-state index is 5.60. The predicted molar refractivity (Wildman–Crippen MR) is 64.9 cm³/mol. The smallest absolute Gasteiger partial charge is 0.0576 e. The van der Waals surface area contributed by atoms with Gasteiger partial charge in [-0.05, 0) is 43.7 Å². The van der Waals surface area contributed by atoms with Crippen molar-refractivity contribution in [3.05, 3.63) is 24.0 Å². The maximum Gasteiger partial charge on any atom is 0.0576 e. The Morgan fingerprint density at radius 3 is 3.12 bits per heavy atom. The van der Waals surface area contributed by atoms with E-state index in [-0.39, 0.29) is 6.04 Å². The largest absolute Gasteiger partial charge is 0.378 e. The SMILES string of the molecule is NNC(CCCC1CCCO1)c1ccnnc1. The van der Waals surface area contributed by atoms with E-state index in [1.165, 1.54) is 12.8 Å².